The Morgan fingerprint density at radius 2 is 1.89 bits per heavy atom. The quantitative estimate of drug-likeness (QED) is 0.632. The molecule has 96 valence electrons. The lowest BCUT2D eigenvalue weighted by Crippen LogP contribution is -2.01. The molecule has 0 saturated heterocycles. The molecule has 0 N–H and O–H groups in total. The maximum absolute atomic E-state index is 6.06. The van der Waals surface area contributed by atoms with E-state index in [1.54, 1.807) is 0 Å². The minimum Gasteiger partial charge on any atom is -0.295 e. The first-order chi connectivity index (χ1) is 9.20. The fourth-order valence-electron chi connectivity index (χ4n) is 2.41. The zero-order valence-corrected chi connectivity index (χ0v) is 11.8. The van der Waals surface area contributed by atoms with Gasteiger partial charge >= 0.3 is 0 Å². The Labute approximate surface area is 117 Å². The highest BCUT2D eigenvalue weighted by molar-refractivity contribution is 6.17. The molecule has 1 aromatic heterocycles. The third-order valence-electron chi connectivity index (χ3n) is 3.36. The molecule has 0 saturated carbocycles. The molecule has 0 atom stereocenters. The standard InChI is InChI=1S/C16H15ClN2/c1-11-7-8-15-13(9-11)18-16(10-17)19(15)14-6-4-3-5-12(14)2/h3-9H,10H2,1-2H3. The lowest BCUT2D eigenvalue weighted by molar-refractivity contribution is 0.972. The van der Waals surface area contributed by atoms with E-state index in [9.17, 15) is 0 Å². The summed E-state index contributed by atoms with van der Waals surface area (Å²) in [5, 5.41) is 0. The van der Waals surface area contributed by atoms with Crippen LogP contribution in [-0.4, -0.2) is 9.55 Å². The van der Waals surface area contributed by atoms with Gasteiger partial charge in [-0.3, -0.25) is 4.57 Å². The van der Waals surface area contributed by atoms with Crippen LogP contribution in [0.2, 0.25) is 0 Å². The lowest BCUT2D eigenvalue weighted by atomic mass is 10.2. The molecular weight excluding hydrogens is 256 g/mol. The molecule has 0 amide bonds. The number of hydrogen-bond acceptors (Lipinski definition) is 1. The molecule has 3 aromatic rings. The van der Waals surface area contributed by atoms with E-state index in [0.29, 0.717) is 5.88 Å². The summed E-state index contributed by atoms with van der Waals surface area (Å²) in [6, 6.07) is 14.6. The maximum Gasteiger partial charge on any atom is 0.129 e. The fraction of sp³-hybridized carbons (Fsp3) is 0.188. The number of para-hydroxylation sites is 1. The highest BCUT2D eigenvalue weighted by atomic mass is 35.5. The molecule has 0 aliphatic heterocycles. The summed E-state index contributed by atoms with van der Waals surface area (Å²) in [6.45, 7) is 4.18. The summed E-state index contributed by atoms with van der Waals surface area (Å²) in [5.74, 6) is 1.29. The predicted molar refractivity (Wildman–Crippen MR) is 80.1 cm³/mol. The number of fused-ring (bicyclic) bond motifs is 1. The van der Waals surface area contributed by atoms with Crippen molar-refractivity contribution in [3.63, 3.8) is 0 Å². The number of halogens is 1. The summed E-state index contributed by atoms with van der Waals surface area (Å²) in [4.78, 5) is 4.64. The SMILES string of the molecule is Cc1ccc2c(c1)nc(CCl)n2-c1ccccc1C. The summed E-state index contributed by atoms with van der Waals surface area (Å²) >= 11 is 6.06. The van der Waals surface area contributed by atoms with Gasteiger partial charge in [-0.05, 0) is 43.2 Å². The highest BCUT2D eigenvalue weighted by Crippen LogP contribution is 2.25. The van der Waals surface area contributed by atoms with E-state index in [1.165, 1.54) is 11.1 Å². The van der Waals surface area contributed by atoms with Crippen LogP contribution in [0.5, 0.6) is 0 Å². The normalized spacial score (nSPS) is 11.1. The molecule has 0 aliphatic carbocycles. The number of hydrogen-bond donors (Lipinski definition) is 0. The summed E-state index contributed by atoms with van der Waals surface area (Å²) in [6.07, 6.45) is 0. The van der Waals surface area contributed by atoms with Crippen molar-refractivity contribution in [2.24, 2.45) is 0 Å². The van der Waals surface area contributed by atoms with Crippen LogP contribution in [0.15, 0.2) is 42.5 Å². The molecule has 19 heavy (non-hydrogen) atoms. The molecule has 0 unspecified atom stereocenters. The van der Waals surface area contributed by atoms with Crippen LogP contribution in [-0.2, 0) is 5.88 Å². The number of aromatic nitrogens is 2. The van der Waals surface area contributed by atoms with Crippen molar-refractivity contribution >= 4 is 22.6 Å². The molecule has 1 heterocycles. The van der Waals surface area contributed by atoms with E-state index < -0.39 is 0 Å². The second-order valence-electron chi connectivity index (χ2n) is 4.78. The second-order valence-corrected chi connectivity index (χ2v) is 5.04. The van der Waals surface area contributed by atoms with Gasteiger partial charge < -0.3 is 0 Å². The zero-order valence-electron chi connectivity index (χ0n) is 11.0. The molecule has 3 rings (SSSR count). The van der Waals surface area contributed by atoms with Crippen molar-refractivity contribution in [2.75, 3.05) is 0 Å². The van der Waals surface area contributed by atoms with Gasteiger partial charge in [0.15, 0.2) is 0 Å². The van der Waals surface area contributed by atoms with Crippen LogP contribution in [0.1, 0.15) is 17.0 Å². The van der Waals surface area contributed by atoms with Crippen LogP contribution < -0.4 is 0 Å². The van der Waals surface area contributed by atoms with Crippen LogP contribution in [0, 0.1) is 13.8 Å². The number of alkyl halides is 1. The number of benzene rings is 2. The van der Waals surface area contributed by atoms with Gasteiger partial charge in [0.1, 0.15) is 5.82 Å². The minimum atomic E-state index is 0.405. The Kier molecular flexibility index (Phi) is 3.03. The molecule has 3 heteroatoms. The highest BCUT2D eigenvalue weighted by Gasteiger charge is 2.12. The molecule has 2 aromatic carbocycles. The topological polar surface area (TPSA) is 17.8 Å². The van der Waals surface area contributed by atoms with E-state index >= 15 is 0 Å². The van der Waals surface area contributed by atoms with Crippen LogP contribution in [0.3, 0.4) is 0 Å². The Bertz CT molecular complexity index is 744. The lowest BCUT2D eigenvalue weighted by Gasteiger charge is -2.10. The molecule has 0 spiro atoms. The van der Waals surface area contributed by atoms with Gasteiger partial charge in [-0.15, -0.1) is 11.6 Å². The van der Waals surface area contributed by atoms with Gasteiger partial charge in [0.25, 0.3) is 0 Å². The number of aryl methyl sites for hydroxylation is 2. The van der Waals surface area contributed by atoms with E-state index in [-0.39, 0.29) is 0 Å². The molecule has 0 radical (unpaired) electrons. The Morgan fingerprint density at radius 1 is 1.11 bits per heavy atom. The Hall–Kier alpha value is -1.80. The molecule has 2 nitrogen and oxygen atoms in total. The Balaban J connectivity index is 2.36. The molecule has 0 aliphatic rings. The number of nitrogens with zero attached hydrogens (tertiary/aromatic N) is 2. The first kappa shape index (κ1) is 12.2. The van der Waals surface area contributed by atoms with Crippen molar-refractivity contribution in [1.29, 1.82) is 0 Å². The fourth-order valence-corrected chi connectivity index (χ4v) is 2.59. The van der Waals surface area contributed by atoms with Gasteiger partial charge in [0.05, 0.1) is 22.6 Å². The minimum absolute atomic E-state index is 0.405. The van der Waals surface area contributed by atoms with Crippen LogP contribution in [0.25, 0.3) is 16.7 Å². The van der Waals surface area contributed by atoms with E-state index in [1.807, 2.05) is 12.1 Å². The average Bonchev–Trinajstić information content (AvgIpc) is 2.76. The summed E-state index contributed by atoms with van der Waals surface area (Å²) in [5.41, 5.74) is 5.68. The van der Waals surface area contributed by atoms with Crippen molar-refractivity contribution in [2.45, 2.75) is 19.7 Å². The van der Waals surface area contributed by atoms with E-state index in [4.69, 9.17) is 11.6 Å². The largest absolute Gasteiger partial charge is 0.295 e. The smallest absolute Gasteiger partial charge is 0.129 e. The third-order valence-corrected chi connectivity index (χ3v) is 3.59. The van der Waals surface area contributed by atoms with Gasteiger partial charge in [0, 0.05) is 0 Å². The van der Waals surface area contributed by atoms with Crippen molar-refractivity contribution in [1.82, 2.24) is 9.55 Å². The monoisotopic (exact) mass is 270 g/mol. The first-order valence-electron chi connectivity index (χ1n) is 6.30. The van der Waals surface area contributed by atoms with Crippen molar-refractivity contribution in [3.05, 3.63) is 59.4 Å². The first-order valence-corrected chi connectivity index (χ1v) is 6.84. The summed E-state index contributed by atoms with van der Waals surface area (Å²) in [7, 11) is 0. The molecule has 0 fully saturated rings. The molecular formula is C16H15ClN2. The van der Waals surface area contributed by atoms with Crippen LogP contribution >= 0.6 is 11.6 Å². The van der Waals surface area contributed by atoms with E-state index in [0.717, 1.165) is 22.5 Å². The predicted octanol–water partition coefficient (Wildman–Crippen LogP) is 4.38. The molecule has 0 bridgehead atoms. The van der Waals surface area contributed by atoms with Gasteiger partial charge in [0.2, 0.25) is 0 Å². The van der Waals surface area contributed by atoms with Crippen molar-refractivity contribution < 1.29 is 0 Å². The van der Waals surface area contributed by atoms with Crippen molar-refractivity contribution in [3.8, 4) is 5.69 Å². The summed E-state index contributed by atoms with van der Waals surface area (Å²) < 4.78 is 2.15. The number of imidazole rings is 1. The third kappa shape index (κ3) is 2.02. The van der Waals surface area contributed by atoms with Gasteiger partial charge in [-0.25, -0.2) is 4.98 Å². The van der Waals surface area contributed by atoms with E-state index in [2.05, 4.69) is 53.7 Å². The van der Waals surface area contributed by atoms with Gasteiger partial charge in [-0.1, -0.05) is 24.3 Å². The van der Waals surface area contributed by atoms with Gasteiger partial charge in [-0.2, -0.15) is 0 Å². The number of rotatable bonds is 2. The van der Waals surface area contributed by atoms with Crippen LogP contribution in [0.4, 0.5) is 0 Å². The zero-order chi connectivity index (χ0) is 13.4. The average molecular weight is 271 g/mol. The maximum atomic E-state index is 6.06. The second kappa shape index (κ2) is 4.71. The Morgan fingerprint density at radius 3 is 2.63 bits per heavy atom.